The van der Waals surface area contributed by atoms with Crippen LogP contribution in [0.3, 0.4) is 0 Å². The van der Waals surface area contributed by atoms with Crippen LogP contribution in [0.2, 0.25) is 0 Å². The van der Waals surface area contributed by atoms with Crippen LogP contribution in [0.5, 0.6) is 0 Å². The first-order valence-electron chi connectivity index (χ1n) is 29.4. The van der Waals surface area contributed by atoms with Crippen LogP contribution in [0.15, 0.2) is 291 Å². The second-order valence-corrected chi connectivity index (χ2v) is 23.1. The van der Waals surface area contributed by atoms with E-state index in [0.29, 0.717) is 4.48 Å². The summed E-state index contributed by atoms with van der Waals surface area (Å²) in [7, 11) is 2.38. The van der Waals surface area contributed by atoms with Gasteiger partial charge in [0, 0.05) is 93.9 Å². The van der Waals surface area contributed by atoms with Crippen LogP contribution in [-0.2, 0) is 0 Å². The molecule has 0 spiro atoms. The van der Waals surface area contributed by atoms with Gasteiger partial charge in [-0.3, -0.25) is 0 Å². The van der Waals surface area contributed by atoms with E-state index in [9.17, 15) is 0 Å². The fourth-order valence-corrected chi connectivity index (χ4v) is 15.4. The van der Waals surface area contributed by atoms with E-state index >= 15 is 0 Å². The maximum atomic E-state index is 2.55. The Morgan fingerprint density at radius 2 is 0.529 bits per heavy atom. The Morgan fingerprint density at radius 1 is 0.224 bits per heavy atom. The van der Waals surface area contributed by atoms with Crippen molar-refractivity contribution < 1.29 is 0 Å². The van der Waals surface area contributed by atoms with Gasteiger partial charge in [-0.2, -0.15) is 0 Å². The van der Waals surface area contributed by atoms with Gasteiger partial charge in [-0.1, -0.05) is 182 Å². The molecule has 85 heavy (non-hydrogen) atoms. The quantitative estimate of drug-likeness (QED) is 0.148. The highest BCUT2D eigenvalue weighted by Crippen LogP contribution is 2.60. The van der Waals surface area contributed by atoms with Gasteiger partial charge in [0.15, 0.2) is 11.4 Å². The van der Waals surface area contributed by atoms with Crippen LogP contribution in [0, 0.1) is 0 Å². The van der Waals surface area contributed by atoms with Crippen LogP contribution in [-0.4, -0.2) is 29.9 Å². The highest BCUT2D eigenvalue weighted by molar-refractivity contribution is 6.26. The molecule has 396 valence electrons. The van der Waals surface area contributed by atoms with E-state index in [0.717, 1.165) is 56.0 Å². The van der Waals surface area contributed by atoms with Crippen molar-refractivity contribution in [2.24, 2.45) is 0 Å². The summed E-state index contributed by atoms with van der Waals surface area (Å²) in [4.78, 5) is 0. The van der Waals surface area contributed by atoms with Gasteiger partial charge in [0.25, 0.3) is 0 Å². The van der Waals surface area contributed by atoms with Crippen molar-refractivity contribution in [1.29, 1.82) is 0 Å². The van der Waals surface area contributed by atoms with E-state index in [1.807, 2.05) is 0 Å². The molecule has 0 saturated heterocycles. The zero-order valence-electron chi connectivity index (χ0n) is 46.4. The van der Waals surface area contributed by atoms with E-state index < -0.39 is 0 Å². The van der Waals surface area contributed by atoms with Crippen molar-refractivity contribution >= 4 is 126 Å². The van der Waals surface area contributed by atoms with Crippen LogP contribution in [0.4, 0.5) is 17.1 Å². The van der Waals surface area contributed by atoms with Gasteiger partial charge in [-0.15, -0.1) is 0 Å². The van der Waals surface area contributed by atoms with Gasteiger partial charge >= 0.3 is 0 Å². The Balaban J connectivity index is 0.881. The molecule has 19 rings (SSSR count). The molecule has 0 fully saturated rings. The monoisotopic (exact) mass is 1080 g/mol. The third-order valence-electron chi connectivity index (χ3n) is 18.8. The molecular formula is C79H51N6+. The van der Waals surface area contributed by atoms with Crippen molar-refractivity contribution in [1.82, 2.24) is 27.3 Å². The van der Waals surface area contributed by atoms with Gasteiger partial charge in [0.1, 0.15) is 11.2 Å². The van der Waals surface area contributed by atoms with Crippen molar-refractivity contribution in [3.63, 3.8) is 0 Å². The van der Waals surface area contributed by atoms with Gasteiger partial charge < -0.3 is 22.8 Å². The lowest BCUT2D eigenvalue weighted by Crippen LogP contribution is -2.32. The Morgan fingerprint density at radius 3 is 0.953 bits per heavy atom. The summed E-state index contributed by atoms with van der Waals surface area (Å²) in [6.07, 6.45) is 0. The van der Waals surface area contributed by atoms with Crippen LogP contribution in [0.25, 0.3) is 149 Å². The summed E-state index contributed by atoms with van der Waals surface area (Å²) in [5, 5.41) is 12.2. The molecule has 6 heterocycles. The van der Waals surface area contributed by atoms with Gasteiger partial charge in [0.05, 0.1) is 62.3 Å². The largest absolute Gasteiger partial charge is 0.307 e. The van der Waals surface area contributed by atoms with Crippen molar-refractivity contribution in [2.75, 3.05) is 7.05 Å². The van der Waals surface area contributed by atoms with Gasteiger partial charge in [0.2, 0.25) is 0 Å². The normalized spacial score (nSPS) is 14.2. The number of fused-ring (bicyclic) bond motifs is 21. The molecule has 0 bridgehead atoms. The highest BCUT2D eigenvalue weighted by atomic mass is 15.4. The Bertz CT molecular complexity index is 5870. The minimum Gasteiger partial charge on any atom is -0.307 e. The number of benzene rings is 13. The molecule has 1 aliphatic heterocycles. The first-order chi connectivity index (χ1) is 42.1. The van der Waals surface area contributed by atoms with Gasteiger partial charge in [-0.25, -0.2) is 4.48 Å². The van der Waals surface area contributed by atoms with Crippen molar-refractivity contribution in [3.05, 3.63) is 291 Å². The number of quaternary nitrogens is 1. The molecule has 18 aromatic rings. The van der Waals surface area contributed by atoms with E-state index in [4.69, 9.17) is 0 Å². The zero-order valence-corrected chi connectivity index (χ0v) is 46.4. The second-order valence-electron chi connectivity index (χ2n) is 23.1. The van der Waals surface area contributed by atoms with E-state index in [-0.39, 0.29) is 0 Å². The van der Waals surface area contributed by atoms with Crippen LogP contribution < -0.4 is 4.48 Å². The summed E-state index contributed by atoms with van der Waals surface area (Å²) in [5.74, 6) is 0. The summed E-state index contributed by atoms with van der Waals surface area (Å²) in [6.45, 7) is 0. The SMILES string of the molecule is C[N+]1(c2ccccc2)c2ccccc2-c2ccc3c4ccccc4n(-c4cccc(-n5c6ccccc6c6ccc7c8ccccc8n(-c8cccc(-n9c%10ccccc%10c%10ccc%11c%12ccccc%12n(-c%12ccccc%12)c%11c%109)c8)c7c65)c4)c3c21. The number of hydrogen-bond donors (Lipinski definition) is 0. The van der Waals surface area contributed by atoms with E-state index in [1.165, 1.54) is 110 Å². The molecule has 1 unspecified atom stereocenters. The molecule has 6 heteroatoms. The van der Waals surface area contributed by atoms with Crippen molar-refractivity contribution in [2.45, 2.75) is 0 Å². The lowest BCUT2D eigenvalue weighted by atomic mass is 10.0. The summed E-state index contributed by atoms with van der Waals surface area (Å²) in [6, 6.07) is 108. The zero-order chi connectivity index (χ0) is 55.6. The molecule has 13 aromatic carbocycles. The van der Waals surface area contributed by atoms with Crippen LogP contribution in [0.1, 0.15) is 0 Å². The number of para-hydroxylation sites is 8. The molecule has 5 aromatic heterocycles. The van der Waals surface area contributed by atoms with Gasteiger partial charge in [-0.05, 0) is 103 Å². The number of rotatable bonds is 6. The predicted molar refractivity (Wildman–Crippen MR) is 357 cm³/mol. The molecule has 0 radical (unpaired) electrons. The molecule has 0 saturated carbocycles. The molecule has 1 aliphatic rings. The molecular weight excluding hydrogens is 1030 g/mol. The summed E-state index contributed by atoms with van der Waals surface area (Å²) >= 11 is 0. The predicted octanol–water partition coefficient (Wildman–Crippen LogP) is 20.8. The fourth-order valence-electron chi connectivity index (χ4n) is 15.4. The first kappa shape index (κ1) is 46.4. The van der Waals surface area contributed by atoms with E-state index in [1.54, 1.807) is 0 Å². The maximum absolute atomic E-state index is 2.55. The first-order valence-corrected chi connectivity index (χ1v) is 29.4. The molecule has 0 amide bonds. The lowest BCUT2D eigenvalue weighted by molar-refractivity contribution is 0.645. The standard InChI is InChI=1S/C79H51N6/c1-85(55-28-6-3-7-29-55)73-41-19-13-35-61(73)67-47-46-66-60-34-12-18-40-72(60)84(78(66)79(67)85)54-27-21-26-53(49-54)83-71-39-17-11-33-59(71)65-45-44-64-58-32-10-16-38-70(58)82(76(64)77(65)83)52-25-20-24-51(48-52)81-69-37-15-9-31-57(69)63-43-42-62-56-30-8-14-36-68(56)80(74(62)75(63)81)50-22-4-2-5-23-50/h2-49H,1H3/q+1. The molecule has 6 nitrogen and oxygen atoms in total. The molecule has 0 aliphatic carbocycles. The number of hydrogen-bond acceptors (Lipinski definition) is 0. The fraction of sp³-hybridized carbons (Fsp3) is 0.0127. The summed E-state index contributed by atoms with van der Waals surface area (Å²) < 4.78 is 13.2. The summed E-state index contributed by atoms with van der Waals surface area (Å²) in [5.41, 5.74) is 23.6. The topological polar surface area (TPSA) is 24.6 Å². The molecule has 1 atom stereocenters. The Kier molecular flexibility index (Phi) is 9.39. The van der Waals surface area contributed by atoms with Crippen LogP contribution >= 0.6 is 0 Å². The third-order valence-corrected chi connectivity index (χ3v) is 18.8. The smallest absolute Gasteiger partial charge is 0.175 e. The highest BCUT2D eigenvalue weighted by Gasteiger charge is 2.45. The maximum Gasteiger partial charge on any atom is 0.175 e. The minimum atomic E-state index is 0.551. The third kappa shape index (κ3) is 6.14. The number of aromatic nitrogens is 5. The van der Waals surface area contributed by atoms with E-state index in [2.05, 4.69) is 321 Å². The average molecular weight is 1080 g/mol. The molecule has 0 N–H and O–H groups in total. The second kappa shape index (κ2) is 17.2. The minimum absolute atomic E-state index is 0.551. The lowest BCUT2D eigenvalue weighted by Gasteiger charge is -2.31. The average Bonchev–Trinajstić information content (AvgIpc) is 2.38. The van der Waals surface area contributed by atoms with Crippen molar-refractivity contribution in [3.8, 4) is 39.6 Å². The Labute approximate surface area is 488 Å². The number of nitrogens with zero attached hydrogens (tertiary/aromatic N) is 6. The Hall–Kier alpha value is -11.2.